The van der Waals surface area contributed by atoms with Crippen molar-refractivity contribution in [2.24, 2.45) is 0 Å². The fraction of sp³-hybridized carbons (Fsp3) is 0.105. The number of hydrogen-bond acceptors (Lipinski definition) is 4. The van der Waals surface area contributed by atoms with Gasteiger partial charge in [0.05, 0.1) is 12.3 Å². The van der Waals surface area contributed by atoms with E-state index in [1.807, 2.05) is 37.3 Å². The van der Waals surface area contributed by atoms with Crippen LogP contribution in [0.25, 0.3) is 17.0 Å². The highest BCUT2D eigenvalue weighted by atomic mass is 16.5. The first-order valence-electron chi connectivity index (χ1n) is 7.21. The predicted molar refractivity (Wildman–Crippen MR) is 91.7 cm³/mol. The van der Waals surface area contributed by atoms with Gasteiger partial charge in [0.1, 0.15) is 11.6 Å². The lowest BCUT2D eigenvalue weighted by molar-refractivity contribution is 0.325. The molecule has 4 heteroatoms. The number of allylic oxidation sites excluding steroid dienone is 4. The zero-order valence-corrected chi connectivity index (χ0v) is 13.0. The molecule has 0 aliphatic heterocycles. The first-order chi connectivity index (χ1) is 11.2. The van der Waals surface area contributed by atoms with Gasteiger partial charge in [-0.05, 0) is 6.92 Å². The summed E-state index contributed by atoms with van der Waals surface area (Å²) in [5, 5.41) is 9.50. The van der Waals surface area contributed by atoms with E-state index in [4.69, 9.17) is 4.74 Å². The zero-order valence-electron chi connectivity index (χ0n) is 13.0. The molecule has 0 saturated carbocycles. The van der Waals surface area contributed by atoms with Crippen LogP contribution in [0.1, 0.15) is 18.2 Å². The van der Waals surface area contributed by atoms with E-state index in [2.05, 4.69) is 29.2 Å². The highest BCUT2D eigenvalue weighted by Gasteiger charge is 2.18. The molecule has 0 radical (unpaired) electrons. The molecule has 2 rings (SSSR count). The van der Waals surface area contributed by atoms with Crippen molar-refractivity contribution in [2.75, 3.05) is 6.61 Å². The lowest BCUT2D eigenvalue weighted by Gasteiger charge is -2.12. The number of aromatic nitrogens is 2. The normalized spacial score (nSPS) is 10.7. The third kappa shape index (κ3) is 3.53. The SMILES string of the molecule is C=C/C=C(\C=C)c1nc(-c2ccccc2)nc(OCC)c1C#N. The summed E-state index contributed by atoms with van der Waals surface area (Å²) in [5.74, 6) is 0.774. The van der Waals surface area contributed by atoms with Gasteiger partial charge in [-0.1, -0.05) is 61.7 Å². The lowest BCUT2D eigenvalue weighted by Crippen LogP contribution is -2.05. The summed E-state index contributed by atoms with van der Waals surface area (Å²) in [6, 6.07) is 11.7. The predicted octanol–water partition coefficient (Wildman–Crippen LogP) is 4.17. The number of ether oxygens (including phenoxy) is 1. The molecule has 0 saturated heterocycles. The third-order valence-electron chi connectivity index (χ3n) is 3.09. The van der Waals surface area contributed by atoms with Crippen LogP contribution in [0.15, 0.2) is 61.7 Å². The molecular formula is C19H17N3O. The van der Waals surface area contributed by atoms with E-state index in [-0.39, 0.29) is 5.88 Å². The maximum absolute atomic E-state index is 9.50. The molecule has 0 N–H and O–H groups in total. The molecule has 0 aliphatic rings. The summed E-state index contributed by atoms with van der Waals surface area (Å²) in [4.78, 5) is 8.94. The average molecular weight is 303 g/mol. The lowest BCUT2D eigenvalue weighted by atomic mass is 10.1. The monoisotopic (exact) mass is 303 g/mol. The van der Waals surface area contributed by atoms with Crippen molar-refractivity contribution in [3.8, 4) is 23.3 Å². The highest BCUT2D eigenvalue weighted by molar-refractivity contribution is 5.78. The molecular weight excluding hydrogens is 286 g/mol. The molecule has 0 amide bonds. The quantitative estimate of drug-likeness (QED) is 0.751. The second kappa shape index (κ2) is 7.71. The summed E-state index contributed by atoms with van der Waals surface area (Å²) >= 11 is 0. The average Bonchev–Trinajstić information content (AvgIpc) is 2.60. The Bertz CT molecular complexity index is 786. The number of rotatable bonds is 6. The zero-order chi connectivity index (χ0) is 16.7. The highest BCUT2D eigenvalue weighted by Crippen LogP contribution is 2.28. The third-order valence-corrected chi connectivity index (χ3v) is 3.09. The Morgan fingerprint density at radius 1 is 1.26 bits per heavy atom. The molecule has 0 fully saturated rings. The molecule has 4 nitrogen and oxygen atoms in total. The van der Waals surface area contributed by atoms with E-state index >= 15 is 0 Å². The van der Waals surface area contributed by atoms with Crippen LogP contribution < -0.4 is 4.74 Å². The molecule has 2 aromatic rings. The number of nitrogens with zero attached hydrogens (tertiary/aromatic N) is 3. The molecule has 0 unspecified atom stereocenters. The van der Waals surface area contributed by atoms with Crippen LogP contribution in [-0.2, 0) is 0 Å². The van der Waals surface area contributed by atoms with Gasteiger partial charge in [0.25, 0.3) is 0 Å². The first-order valence-corrected chi connectivity index (χ1v) is 7.21. The van der Waals surface area contributed by atoms with E-state index < -0.39 is 0 Å². The van der Waals surface area contributed by atoms with Crippen LogP contribution in [-0.4, -0.2) is 16.6 Å². The van der Waals surface area contributed by atoms with Crippen LogP contribution in [0.4, 0.5) is 0 Å². The largest absolute Gasteiger partial charge is 0.477 e. The molecule has 1 aromatic carbocycles. The van der Waals surface area contributed by atoms with E-state index in [1.165, 1.54) is 0 Å². The van der Waals surface area contributed by atoms with Crippen molar-refractivity contribution >= 4 is 5.57 Å². The smallest absolute Gasteiger partial charge is 0.236 e. The van der Waals surface area contributed by atoms with Crippen LogP contribution in [0.5, 0.6) is 5.88 Å². The van der Waals surface area contributed by atoms with Gasteiger partial charge in [0.15, 0.2) is 5.82 Å². The van der Waals surface area contributed by atoms with Crippen molar-refractivity contribution in [2.45, 2.75) is 6.92 Å². The van der Waals surface area contributed by atoms with Crippen molar-refractivity contribution in [3.63, 3.8) is 0 Å². The van der Waals surface area contributed by atoms with Crippen LogP contribution in [0, 0.1) is 11.3 Å². The maximum Gasteiger partial charge on any atom is 0.236 e. The number of benzene rings is 1. The Labute approximate surface area is 136 Å². The summed E-state index contributed by atoms with van der Waals surface area (Å²) in [5.41, 5.74) is 2.32. The number of hydrogen-bond donors (Lipinski definition) is 0. The molecule has 0 spiro atoms. The Balaban J connectivity index is 2.75. The minimum absolute atomic E-state index is 0.274. The van der Waals surface area contributed by atoms with Gasteiger partial charge in [-0.2, -0.15) is 10.2 Å². The summed E-state index contributed by atoms with van der Waals surface area (Å²) in [6.07, 6.45) is 5.01. The van der Waals surface area contributed by atoms with Crippen molar-refractivity contribution in [3.05, 3.63) is 73.0 Å². The molecule has 114 valence electrons. The van der Waals surface area contributed by atoms with Gasteiger partial charge >= 0.3 is 0 Å². The molecule has 0 atom stereocenters. The van der Waals surface area contributed by atoms with Gasteiger partial charge in [-0.3, -0.25) is 0 Å². The fourth-order valence-corrected chi connectivity index (χ4v) is 2.08. The Kier molecular flexibility index (Phi) is 5.43. The van der Waals surface area contributed by atoms with Crippen LogP contribution in [0.3, 0.4) is 0 Å². The van der Waals surface area contributed by atoms with E-state index in [0.29, 0.717) is 29.3 Å². The van der Waals surface area contributed by atoms with Gasteiger partial charge in [0.2, 0.25) is 5.88 Å². The topological polar surface area (TPSA) is 58.8 Å². The van der Waals surface area contributed by atoms with E-state index in [1.54, 1.807) is 18.2 Å². The molecule has 1 heterocycles. The van der Waals surface area contributed by atoms with Crippen molar-refractivity contribution < 1.29 is 4.74 Å². The minimum atomic E-state index is 0.274. The standard InChI is InChI=1S/C19H17N3O/c1-4-10-14(5-2)17-16(13-20)19(23-6-3)22-18(21-17)15-11-8-7-9-12-15/h4-5,7-12H,1-2,6H2,3H3/b14-10+. The number of nitriles is 1. The summed E-state index contributed by atoms with van der Waals surface area (Å²) in [6.45, 7) is 9.73. The van der Waals surface area contributed by atoms with Gasteiger partial charge in [-0.25, -0.2) is 4.98 Å². The van der Waals surface area contributed by atoms with Crippen molar-refractivity contribution in [1.82, 2.24) is 9.97 Å². The first kappa shape index (κ1) is 16.2. The van der Waals surface area contributed by atoms with Crippen LogP contribution in [0.2, 0.25) is 0 Å². The molecule has 23 heavy (non-hydrogen) atoms. The maximum atomic E-state index is 9.50. The Morgan fingerprint density at radius 2 is 2.00 bits per heavy atom. The second-order valence-corrected chi connectivity index (χ2v) is 4.55. The summed E-state index contributed by atoms with van der Waals surface area (Å²) < 4.78 is 5.54. The van der Waals surface area contributed by atoms with Gasteiger partial charge < -0.3 is 4.74 Å². The molecule has 1 aromatic heterocycles. The van der Waals surface area contributed by atoms with E-state index in [9.17, 15) is 5.26 Å². The molecule has 0 aliphatic carbocycles. The fourth-order valence-electron chi connectivity index (χ4n) is 2.08. The Morgan fingerprint density at radius 3 is 2.57 bits per heavy atom. The Hall–Kier alpha value is -3.19. The van der Waals surface area contributed by atoms with E-state index in [0.717, 1.165) is 5.56 Å². The summed E-state index contributed by atoms with van der Waals surface area (Å²) in [7, 11) is 0. The second-order valence-electron chi connectivity index (χ2n) is 4.55. The van der Waals surface area contributed by atoms with Gasteiger partial charge in [0, 0.05) is 11.1 Å². The molecule has 0 bridgehead atoms. The minimum Gasteiger partial charge on any atom is -0.477 e. The van der Waals surface area contributed by atoms with Crippen LogP contribution >= 0.6 is 0 Å². The van der Waals surface area contributed by atoms with Gasteiger partial charge in [-0.15, -0.1) is 0 Å². The van der Waals surface area contributed by atoms with Crippen molar-refractivity contribution in [1.29, 1.82) is 5.26 Å².